The fraction of sp³-hybridized carbons (Fsp3) is 0. The van der Waals surface area contributed by atoms with Gasteiger partial charge in [-0.05, 0) is 12.1 Å². The van der Waals surface area contributed by atoms with Crippen LogP contribution in [0.5, 0.6) is 5.75 Å². The van der Waals surface area contributed by atoms with E-state index in [4.69, 9.17) is 5.73 Å². The number of phenolic OH excluding ortho intramolecular Hbond substituents is 1. The molecular formula is C14H5F4NO3. The molecule has 4 nitrogen and oxygen atoms in total. The minimum Gasteiger partial charge on any atom is -0.507 e. The van der Waals surface area contributed by atoms with Crippen LogP contribution in [0.1, 0.15) is 31.8 Å². The van der Waals surface area contributed by atoms with E-state index in [-0.39, 0.29) is 5.69 Å². The summed E-state index contributed by atoms with van der Waals surface area (Å²) in [5.74, 6) is -11.8. The first kappa shape index (κ1) is 14.1. The molecule has 0 bridgehead atoms. The molecule has 0 heterocycles. The van der Waals surface area contributed by atoms with Gasteiger partial charge in [-0.1, -0.05) is 0 Å². The van der Waals surface area contributed by atoms with Crippen molar-refractivity contribution in [3.8, 4) is 5.75 Å². The van der Waals surface area contributed by atoms with Crippen molar-refractivity contribution < 1.29 is 32.3 Å². The molecule has 0 atom stereocenters. The first-order chi connectivity index (χ1) is 10.3. The lowest BCUT2D eigenvalue weighted by atomic mass is 9.82. The molecule has 0 aromatic heterocycles. The third-order valence-corrected chi connectivity index (χ3v) is 3.39. The number of halogens is 4. The van der Waals surface area contributed by atoms with Crippen molar-refractivity contribution in [3.05, 3.63) is 57.7 Å². The van der Waals surface area contributed by atoms with E-state index >= 15 is 0 Å². The fourth-order valence-corrected chi connectivity index (χ4v) is 2.39. The summed E-state index contributed by atoms with van der Waals surface area (Å²) in [6.45, 7) is 0. The lowest BCUT2D eigenvalue weighted by molar-refractivity contribution is 0.0967. The van der Waals surface area contributed by atoms with Crippen LogP contribution in [0.2, 0.25) is 0 Å². The van der Waals surface area contributed by atoms with Crippen molar-refractivity contribution in [1.29, 1.82) is 0 Å². The molecule has 1 aliphatic rings. The van der Waals surface area contributed by atoms with E-state index in [0.717, 1.165) is 12.1 Å². The lowest BCUT2D eigenvalue weighted by Gasteiger charge is -2.21. The van der Waals surface area contributed by atoms with Gasteiger partial charge in [0.2, 0.25) is 5.78 Å². The second kappa shape index (κ2) is 4.30. The maximum atomic E-state index is 13.8. The maximum absolute atomic E-state index is 13.8. The molecule has 2 aromatic rings. The zero-order chi connectivity index (χ0) is 16.3. The Balaban J connectivity index is 2.50. The SMILES string of the molecule is Nc1ccc(O)c2c1C(=O)c1c(F)c(F)c(F)c(F)c1C2=O. The normalized spacial score (nSPS) is 13.1. The second-order valence-electron chi connectivity index (χ2n) is 4.59. The van der Waals surface area contributed by atoms with Crippen molar-refractivity contribution in [1.82, 2.24) is 0 Å². The molecule has 8 heteroatoms. The van der Waals surface area contributed by atoms with Crippen molar-refractivity contribution in [2.75, 3.05) is 5.73 Å². The number of hydrogen-bond acceptors (Lipinski definition) is 4. The van der Waals surface area contributed by atoms with Crippen LogP contribution in [-0.2, 0) is 0 Å². The summed E-state index contributed by atoms with van der Waals surface area (Å²) in [7, 11) is 0. The van der Waals surface area contributed by atoms with Crippen molar-refractivity contribution in [2.45, 2.75) is 0 Å². The number of benzene rings is 2. The highest BCUT2D eigenvalue weighted by Gasteiger charge is 2.41. The first-order valence-corrected chi connectivity index (χ1v) is 5.84. The Kier molecular flexibility index (Phi) is 2.74. The Bertz CT molecular complexity index is 821. The number of carbonyl (C=O) groups excluding carboxylic acids is 2. The number of hydrogen-bond donors (Lipinski definition) is 2. The van der Waals surface area contributed by atoms with Gasteiger partial charge in [0.25, 0.3) is 0 Å². The largest absolute Gasteiger partial charge is 0.507 e. The van der Waals surface area contributed by atoms with Crippen molar-refractivity contribution >= 4 is 17.3 Å². The summed E-state index contributed by atoms with van der Waals surface area (Å²) in [4.78, 5) is 24.4. The van der Waals surface area contributed by atoms with Crippen LogP contribution < -0.4 is 5.73 Å². The van der Waals surface area contributed by atoms with Gasteiger partial charge in [0.05, 0.1) is 22.3 Å². The summed E-state index contributed by atoms with van der Waals surface area (Å²) in [5.41, 5.74) is 1.44. The number of aromatic hydroxyl groups is 1. The monoisotopic (exact) mass is 311 g/mol. The molecule has 0 spiro atoms. The lowest BCUT2D eigenvalue weighted by Crippen LogP contribution is -2.27. The minimum absolute atomic E-state index is 0.290. The summed E-state index contributed by atoms with van der Waals surface area (Å²) < 4.78 is 54.2. The molecule has 3 N–H and O–H groups in total. The Morgan fingerprint density at radius 3 is 1.68 bits per heavy atom. The van der Waals surface area contributed by atoms with Gasteiger partial charge in [0, 0.05) is 5.69 Å². The smallest absolute Gasteiger partial charge is 0.201 e. The fourth-order valence-electron chi connectivity index (χ4n) is 2.39. The molecular weight excluding hydrogens is 306 g/mol. The number of carbonyl (C=O) groups is 2. The zero-order valence-corrected chi connectivity index (χ0v) is 10.5. The molecule has 22 heavy (non-hydrogen) atoms. The number of anilines is 1. The van der Waals surface area contributed by atoms with Gasteiger partial charge in [-0.2, -0.15) is 0 Å². The molecule has 0 unspecified atom stereocenters. The minimum atomic E-state index is -2.22. The summed E-state index contributed by atoms with van der Waals surface area (Å²) in [6, 6.07) is 2.04. The number of nitrogen functional groups attached to an aromatic ring is 1. The van der Waals surface area contributed by atoms with Gasteiger partial charge in [-0.15, -0.1) is 0 Å². The van der Waals surface area contributed by atoms with E-state index in [2.05, 4.69) is 0 Å². The summed E-state index contributed by atoms with van der Waals surface area (Å²) in [5, 5.41) is 9.67. The van der Waals surface area contributed by atoms with Crippen LogP contribution in [0.3, 0.4) is 0 Å². The maximum Gasteiger partial charge on any atom is 0.201 e. The summed E-state index contributed by atoms with van der Waals surface area (Å²) >= 11 is 0. The van der Waals surface area contributed by atoms with Gasteiger partial charge in [0.1, 0.15) is 5.75 Å². The van der Waals surface area contributed by atoms with Gasteiger partial charge in [0.15, 0.2) is 29.1 Å². The Morgan fingerprint density at radius 2 is 1.18 bits per heavy atom. The predicted octanol–water partition coefficient (Wildman–Crippen LogP) is 2.31. The highest BCUT2D eigenvalue weighted by atomic mass is 19.2. The molecule has 3 rings (SSSR count). The van der Waals surface area contributed by atoms with Crippen LogP contribution in [0.15, 0.2) is 12.1 Å². The molecule has 0 aliphatic heterocycles. The molecule has 0 fully saturated rings. The summed E-state index contributed by atoms with van der Waals surface area (Å²) in [6.07, 6.45) is 0. The standard InChI is InChI=1S/C14H5F4NO3/c15-9-7-8(10(16)12(18)11(9)17)14(22)6-4(20)2-1-3(19)5(6)13(7)21/h1-2,20H,19H2. The van der Waals surface area contributed by atoms with E-state index in [1.165, 1.54) is 0 Å². The molecule has 0 amide bonds. The number of fused-ring (bicyclic) bond motifs is 2. The van der Waals surface area contributed by atoms with Crippen LogP contribution in [0.25, 0.3) is 0 Å². The van der Waals surface area contributed by atoms with Crippen LogP contribution in [0, 0.1) is 23.3 Å². The van der Waals surface area contributed by atoms with E-state index in [1.54, 1.807) is 0 Å². The van der Waals surface area contributed by atoms with Gasteiger partial charge >= 0.3 is 0 Å². The number of rotatable bonds is 0. The molecule has 2 aromatic carbocycles. The van der Waals surface area contributed by atoms with Crippen LogP contribution >= 0.6 is 0 Å². The second-order valence-corrected chi connectivity index (χ2v) is 4.59. The van der Waals surface area contributed by atoms with E-state index in [1.807, 2.05) is 0 Å². The zero-order valence-electron chi connectivity index (χ0n) is 10.5. The van der Waals surface area contributed by atoms with E-state index in [9.17, 15) is 32.3 Å². The van der Waals surface area contributed by atoms with Crippen molar-refractivity contribution in [2.24, 2.45) is 0 Å². The predicted molar refractivity (Wildman–Crippen MR) is 65.7 cm³/mol. The highest BCUT2D eigenvalue weighted by Crippen LogP contribution is 2.38. The molecule has 0 radical (unpaired) electrons. The molecule has 1 aliphatic carbocycles. The topological polar surface area (TPSA) is 80.4 Å². The van der Waals surface area contributed by atoms with E-state index in [0.29, 0.717) is 0 Å². The van der Waals surface area contributed by atoms with Gasteiger partial charge in [-0.3, -0.25) is 9.59 Å². The Hall–Kier alpha value is -2.90. The van der Waals surface area contributed by atoms with Crippen molar-refractivity contribution in [3.63, 3.8) is 0 Å². The van der Waals surface area contributed by atoms with Gasteiger partial charge in [-0.25, -0.2) is 17.6 Å². The Labute approximate surface area is 119 Å². The number of nitrogens with two attached hydrogens (primary N) is 1. The quantitative estimate of drug-likeness (QED) is 0.219. The third-order valence-electron chi connectivity index (χ3n) is 3.39. The number of ketones is 2. The Morgan fingerprint density at radius 1 is 0.727 bits per heavy atom. The molecule has 0 saturated carbocycles. The van der Waals surface area contributed by atoms with Crippen LogP contribution in [0.4, 0.5) is 23.2 Å². The van der Waals surface area contributed by atoms with Gasteiger partial charge < -0.3 is 10.8 Å². The first-order valence-electron chi connectivity index (χ1n) is 5.84. The molecule has 112 valence electrons. The van der Waals surface area contributed by atoms with E-state index < -0.39 is 62.8 Å². The third kappa shape index (κ3) is 1.51. The average molecular weight is 311 g/mol. The average Bonchev–Trinajstić information content (AvgIpc) is 2.48. The highest BCUT2D eigenvalue weighted by molar-refractivity contribution is 6.31. The molecule has 0 saturated heterocycles. The number of phenols is 1. The van der Waals surface area contributed by atoms with Crippen LogP contribution in [-0.4, -0.2) is 16.7 Å².